The van der Waals surface area contributed by atoms with Crippen LogP contribution in [0.25, 0.3) is 0 Å². The van der Waals surface area contributed by atoms with Crippen LogP contribution in [0.5, 0.6) is 0 Å². The lowest BCUT2D eigenvalue weighted by molar-refractivity contribution is 0.0526. The molecular weight excluding hydrogens is 475 g/mol. The number of nitrogens with one attached hydrogen (secondary N) is 2. The van der Waals surface area contributed by atoms with Gasteiger partial charge in [0.05, 0.1) is 2.88 Å². The zero-order valence-corrected chi connectivity index (χ0v) is 18.5. The molecular formula is C16H25IN2O4S2. The van der Waals surface area contributed by atoms with E-state index in [-0.39, 0.29) is 6.09 Å². The molecule has 0 bridgehead atoms. The van der Waals surface area contributed by atoms with Crippen molar-refractivity contribution >= 4 is 57.8 Å². The van der Waals surface area contributed by atoms with E-state index in [4.69, 9.17) is 9.84 Å². The normalized spacial score (nSPS) is 11.4. The van der Waals surface area contributed by atoms with Gasteiger partial charge >= 0.3 is 12.1 Å². The van der Waals surface area contributed by atoms with Crippen LogP contribution in [0, 0.1) is 2.88 Å². The average Bonchev–Trinajstić information content (AvgIpc) is 2.85. The second kappa shape index (κ2) is 11.2. The van der Waals surface area contributed by atoms with Crippen molar-refractivity contribution in [2.24, 2.45) is 0 Å². The van der Waals surface area contributed by atoms with Gasteiger partial charge in [0.2, 0.25) is 0 Å². The average molecular weight is 500 g/mol. The number of alkyl carbamates (subject to hydrolysis) is 1. The van der Waals surface area contributed by atoms with Gasteiger partial charge in [-0.2, -0.15) is 0 Å². The van der Waals surface area contributed by atoms with Gasteiger partial charge in [-0.1, -0.05) is 0 Å². The van der Waals surface area contributed by atoms with Crippen LogP contribution >= 0.6 is 45.7 Å². The van der Waals surface area contributed by atoms with Crippen LogP contribution in [-0.4, -0.2) is 48.2 Å². The van der Waals surface area contributed by atoms with Crippen LogP contribution in [0.2, 0.25) is 0 Å². The first-order chi connectivity index (χ1) is 11.7. The number of amides is 1. The number of hydrogen-bond donors (Lipinski definition) is 3. The van der Waals surface area contributed by atoms with Gasteiger partial charge in [-0.15, -0.1) is 23.1 Å². The maximum absolute atomic E-state index is 11.5. The van der Waals surface area contributed by atoms with Gasteiger partial charge in [0.15, 0.2) is 0 Å². The number of hydrogen-bond acceptors (Lipinski definition) is 6. The molecule has 0 aliphatic rings. The summed E-state index contributed by atoms with van der Waals surface area (Å²) in [6.07, 6.45) is 1.46. The number of rotatable bonds is 10. The lowest BCUT2D eigenvalue weighted by Crippen LogP contribution is -2.33. The Morgan fingerprint density at radius 1 is 1.28 bits per heavy atom. The number of unbranched alkanes of at least 4 members (excludes halogenated alkanes) is 1. The molecule has 0 atom stereocenters. The Morgan fingerprint density at radius 3 is 2.60 bits per heavy atom. The van der Waals surface area contributed by atoms with E-state index in [1.54, 1.807) is 11.8 Å². The van der Waals surface area contributed by atoms with E-state index in [2.05, 4.69) is 33.2 Å². The van der Waals surface area contributed by atoms with Gasteiger partial charge in [-0.05, 0) is 68.8 Å². The summed E-state index contributed by atoms with van der Waals surface area (Å²) in [6.45, 7) is 7.79. The zero-order chi connectivity index (χ0) is 18.9. The minimum atomic E-state index is -0.860. The maximum atomic E-state index is 11.5. The Bertz CT molecular complexity index is 573. The van der Waals surface area contributed by atoms with Gasteiger partial charge < -0.3 is 20.5 Å². The fourth-order valence-electron chi connectivity index (χ4n) is 1.84. The summed E-state index contributed by atoms with van der Waals surface area (Å²) in [4.78, 5) is 23.8. The number of halogens is 1. The number of ether oxygens (including phenoxy) is 1. The lowest BCUT2D eigenvalue weighted by atomic mass is 10.2. The second-order valence-electron chi connectivity index (χ2n) is 6.28. The molecule has 25 heavy (non-hydrogen) atoms. The summed E-state index contributed by atoms with van der Waals surface area (Å²) in [7, 11) is 0. The van der Waals surface area contributed by atoms with E-state index < -0.39 is 11.6 Å². The lowest BCUT2D eigenvalue weighted by Gasteiger charge is -2.19. The van der Waals surface area contributed by atoms with Crippen molar-refractivity contribution < 1.29 is 19.4 Å². The molecule has 0 spiro atoms. The third-order valence-corrected chi connectivity index (χ3v) is 5.90. The summed E-state index contributed by atoms with van der Waals surface area (Å²) in [5.41, 5.74) is -0.468. The zero-order valence-electron chi connectivity index (χ0n) is 14.7. The Hall–Kier alpha value is -0.520. The third kappa shape index (κ3) is 10.3. The summed E-state index contributed by atoms with van der Waals surface area (Å²) in [5.74, 6) is -0.0376. The highest BCUT2D eigenvalue weighted by atomic mass is 127. The molecule has 0 aliphatic heterocycles. The first-order valence-corrected chi connectivity index (χ1v) is 10.9. The highest BCUT2D eigenvalue weighted by molar-refractivity contribution is 14.1. The van der Waals surface area contributed by atoms with Crippen molar-refractivity contribution in [2.75, 3.05) is 25.4 Å². The molecule has 0 unspecified atom stereocenters. The minimum absolute atomic E-state index is 0.378. The fraction of sp³-hybridized carbons (Fsp3) is 0.625. The number of thiophene rings is 1. The van der Waals surface area contributed by atoms with E-state index in [9.17, 15) is 9.59 Å². The molecule has 0 aromatic carbocycles. The standard InChI is InChI=1S/C16H25IN2O4S2/c1-16(2,3)23-15(22)19-7-5-4-6-18-8-9-24-11-10-12(17)25-13(11)14(20)21/h10,18H,4-9H2,1-3H3,(H,19,22)(H,20,21). The largest absolute Gasteiger partial charge is 0.477 e. The number of thioether (sulfide) groups is 1. The van der Waals surface area contributed by atoms with E-state index in [1.807, 2.05) is 26.8 Å². The number of carbonyl (C=O) groups is 2. The van der Waals surface area contributed by atoms with Crippen LogP contribution in [0.4, 0.5) is 4.79 Å². The number of carboxylic acids is 1. The monoisotopic (exact) mass is 500 g/mol. The van der Waals surface area contributed by atoms with Crippen LogP contribution in [0.15, 0.2) is 11.0 Å². The molecule has 0 saturated carbocycles. The van der Waals surface area contributed by atoms with E-state index in [0.29, 0.717) is 11.4 Å². The minimum Gasteiger partial charge on any atom is -0.477 e. The van der Waals surface area contributed by atoms with Crippen LogP contribution in [-0.2, 0) is 4.74 Å². The van der Waals surface area contributed by atoms with Crippen molar-refractivity contribution in [3.63, 3.8) is 0 Å². The molecule has 3 N–H and O–H groups in total. The molecule has 9 heteroatoms. The highest BCUT2D eigenvalue weighted by Crippen LogP contribution is 2.31. The van der Waals surface area contributed by atoms with Gasteiger partial charge in [0, 0.05) is 23.7 Å². The SMILES string of the molecule is CC(C)(C)OC(=O)NCCCCNCCSc1cc(I)sc1C(=O)O. The Kier molecular flexibility index (Phi) is 10.1. The predicted molar refractivity (Wildman–Crippen MR) is 111 cm³/mol. The molecule has 0 fully saturated rings. The molecule has 1 rings (SSSR count). The molecule has 142 valence electrons. The van der Waals surface area contributed by atoms with Gasteiger partial charge in [-0.3, -0.25) is 0 Å². The number of aromatic carboxylic acids is 1. The molecule has 1 aromatic heterocycles. The fourth-order valence-corrected chi connectivity index (χ4v) is 4.90. The molecule has 0 aliphatic carbocycles. The number of carbonyl (C=O) groups excluding carboxylic acids is 1. The van der Waals surface area contributed by atoms with E-state index >= 15 is 0 Å². The van der Waals surface area contributed by atoms with Gasteiger partial charge in [0.25, 0.3) is 0 Å². The third-order valence-electron chi connectivity index (χ3n) is 2.85. The number of carboxylic acid groups (broad SMARTS) is 1. The van der Waals surface area contributed by atoms with Crippen LogP contribution < -0.4 is 10.6 Å². The Balaban J connectivity index is 2.04. The molecule has 1 aromatic rings. The van der Waals surface area contributed by atoms with Crippen molar-refractivity contribution in [2.45, 2.75) is 44.1 Å². The molecule has 6 nitrogen and oxygen atoms in total. The predicted octanol–water partition coefficient (Wildman–Crippen LogP) is 4.04. The summed E-state index contributed by atoms with van der Waals surface area (Å²) >= 11 is 5.01. The van der Waals surface area contributed by atoms with Gasteiger partial charge in [0.1, 0.15) is 10.5 Å². The summed E-state index contributed by atoms with van der Waals surface area (Å²) < 4.78 is 6.15. The maximum Gasteiger partial charge on any atom is 0.407 e. The van der Waals surface area contributed by atoms with Crippen molar-refractivity contribution in [3.8, 4) is 0 Å². The molecule has 0 saturated heterocycles. The van der Waals surface area contributed by atoms with Crippen LogP contribution in [0.1, 0.15) is 43.3 Å². The van der Waals surface area contributed by atoms with Crippen LogP contribution in [0.3, 0.4) is 0 Å². The van der Waals surface area contributed by atoms with E-state index in [0.717, 1.165) is 39.5 Å². The quantitative estimate of drug-likeness (QED) is 0.256. The first-order valence-electron chi connectivity index (χ1n) is 8.02. The summed E-state index contributed by atoms with van der Waals surface area (Å²) in [5, 5.41) is 15.2. The van der Waals surface area contributed by atoms with Crippen molar-refractivity contribution in [1.82, 2.24) is 10.6 Å². The molecule has 0 radical (unpaired) electrons. The topological polar surface area (TPSA) is 87.7 Å². The Morgan fingerprint density at radius 2 is 1.96 bits per heavy atom. The second-order valence-corrected chi connectivity index (χ2v) is 10.4. The van der Waals surface area contributed by atoms with Crippen molar-refractivity contribution in [3.05, 3.63) is 13.8 Å². The van der Waals surface area contributed by atoms with E-state index in [1.165, 1.54) is 11.3 Å². The molecule has 1 amide bonds. The summed E-state index contributed by atoms with van der Waals surface area (Å²) in [6, 6.07) is 1.92. The van der Waals surface area contributed by atoms with Crippen molar-refractivity contribution in [1.29, 1.82) is 0 Å². The van der Waals surface area contributed by atoms with Gasteiger partial charge in [-0.25, -0.2) is 9.59 Å². The Labute approximate surface area is 170 Å². The highest BCUT2D eigenvalue weighted by Gasteiger charge is 2.15. The first kappa shape index (κ1) is 22.5. The smallest absolute Gasteiger partial charge is 0.407 e. The molecule has 1 heterocycles.